The molecule has 0 saturated carbocycles. The minimum Gasteiger partial charge on any atom is -0.449 e. The van der Waals surface area contributed by atoms with Crippen LogP contribution in [0.15, 0.2) is 42.5 Å². The Labute approximate surface area is 142 Å². The molecule has 2 rings (SSSR count). The van der Waals surface area contributed by atoms with Crippen molar-refractivity contribution in [3.8, 4) is 6.07 Å². The van der Waals surface area contributed by atoms with Crippen molar-refractivity contribution >= 4 is 29.2 Å². The molecule has 1 amide bonds. The quantitative estimate of drug-likeness (QED) is 0.859. The van der Waals surface area contributed by atoms with E-state index in [2.05, 4.69) is 5.32 Å². The highest BCUT2D eigenvalue weighted by Gasteiger charge is 2.20. The van der Waals surface area contributed by atoms with Gasteiger partial charge in [0.05, 0.1) is 27.9 Å². The van der Waals surface area contributed by atoms with Crippen molar-refractivity contribution in [3.63, 3.8) is 0 Å². The number of esters is 1. The molecule has 0 unspecified atom stereocenters. The summed E-state index contributed by atoms with van der Waals surface area (Å²) in [6.07, 6.45) is -1.11. The molecule has 0 spiro atoms. The summed E-state index contributed by atoms with van der Waals surface area (Å²) < 4.78 is 18.0. The number of carbonyl (C=O) groups excluding carboxylic acids is 2. The van der Waals surface area contributed by atoms with Crippen LogP contribution in [0.2, 0.25) is 5.02 Å². The lowest BCUT2D eigenvalue weighted by atomic mass is 10.1. The van der Waals surface area contributed by atoms with Gasteiger partial charge in [-0.15, -0.1) is 0 Å². The van der Waals surface area contributed by atoms with E-state index in [1.165, 1.54) is 31.2 Å². The van der Waals surface area contributed by atoms with Gasteiger partial charge in [-0.2, -0.15) is 5.26 Å². The molecule has 0 aliphatic heterocycles. The predicted octanol–water partition coefficient (Wildman–Crippen LogP) is 3.53. The van der Waals surface area contributed by atoms with E-state index in [-0.39, 0.29) is 16.3 Å². The summed E-state index contributed by atoms with van der Waals surface area (Å²) in [5, 5.41) is 11.3. The Morgan fingerprint density at radius 2 is 2.04 bits per heavy atom. The van der Waals surface area contributed by atoms with Gasteiger partial charge in [0.2, 0.25) is 0 Å². The molecular weight excluding hydrogens is 335 g/mol. The van der Waals surface area contributed by atoms with Crippen molar-refractivity contribution in [1.82, 2.24) is 0 Å². The number of ether oxygens (including phenoxy) is 1. The zero-order valence-corrected chi connectivity index (χ0v) is 13.3. The zero-order valence-electron chi connectivity index (χ0n) is 12.5. The Morgan fingerprint density at radius 3 is 2.71 bits per heavy atom. The highest BCUT2D eigenvalue weighted by atomic mass is 35.5. The van der Waals surface area contributed by atoms with E-state index in [1.807, 2.05) is 6.07 Å². The number of rotatable bonds is 4. The van der Waals surface area contributed by atoms with Crippen LogP contribution in [0.4, 0.5) is 10.1 Å². The molecule has 0 radical (unpaired) electrons. The van der Waals surface area contributed by atoms with E-state index in [0.29, 0.717) is 5.56 Å². The fraction of sp³-hybridized carbons (Fsp3) is 0.118. The Bertz CT molecular complexity index is 833. The van der Waals surface area contributed by atoms with E-state index in [9.17, 15) is 14.0 Å². The summed E-state index contributed by atoms with van der Waals surface area (Å²) in [5.41, 5.74) is 0.672. The average Bonchev–Trinajstić information content (AvgIpc) is 2.57. The number of anilines is 1. The maximum absolute atomic E-state index is 13.0. The van der Waals surface area contributed by atoms with Crippen molar-refractivity contribution in [3.05, 3.63) is 64.4 Å². The van der Waals surface area contributed by atoms with Crippen LogP contribution in [0.25, 0.3) is 0 Å². The summed E-state index contributed by atoms with van der Waals surface area (Å²) in [5.74, 6) is -1.89. The topological polar surface area (TPSA) is 79.2 Å². The highest BCUT2D eigenvalue weighted by Crippen LogP contribution is 2.22. The Kier molecular flexibility index (Phi) is 5.51. The summed E-state index contributed by atoms with van der Waals surface area (Å²) in [6, 6.07) is 11.3. The number of amides is 1. The van der Waals surface area contributed by atoms with Crippen LogP contribution in [0, 0.1) is 17.1 Å². The fourth-order valence-corrected chi connectivity index (χ4v) is 2.04. The molecule has 0 fully saturated rings. The molecule has 0 aliphatic carbocycles. The van der Waals surface area contributed by atoms with Crippen LogP contribution in [-0.2, 0) is 9.53 Å². The Hall–Kier alpha value is -2.91. The Balaban J connectivity index is 2.03. The first-order valence-electron chi connectivity index (χ1n) is 6.88. The molecule has 1 atom stereocenters. The first-order chi connectivity index (χ1) is 11.4. The monoisotopic (exact) mass is 346 g/mol. The minimum atomic E-state index is -1.11. The van der Waals surface area contributed by atoms with Gasteiger partial charge in [0, 0.05) is 0 Å². The van der Waals surface area contributed by atoms with Crippen LogP contribution in [0.1, 0.15) is 22.8 Å². The van der Waals surface area contributed by atoms with Crippen molar-refractivity contribution in [2.24, 2.45) is 0 Å². The maximum Gasteiger partial charge on any atom is 0.338 e. The second-order valence-corrected chi connectivity index (χ2v) is 5.26. The number of nitrogens with zero attached hydrogens (tertiary/aromatic N) is 1. The fourth-order valence-electron chi connectivity index (χ4n) is 1.82. The van der Waals surface area contributed by atoms with Gasteiger partial charge in [0.15, 0.2) is 6.10 Å². The van der Waals surface area contributed by atoms with Crippen LogP contribution in [-0.4, -0.2) is 18.0 Å². The van der Waals surface area contributed by atoms with E-state index in [1.54, 1.807) is 6.07 Å². The normalized spacial score (nSPS) is 11.2. The highest BCUT2D eigenvalue weighted by molar-refractivity contribution is 6.33. The third-order valence-corrected chi connectivity index (χ3v) is 3.38. The van der Waals surface area contributed by atoms with Crippen molar-refractivity contribution in [2.75, 3.05) is 5.32 Å². The van der Waals surface area contributed by atoms with Gasteiger partial charge in [-0.3, -0.25) is 4.79 Å². The van der Waals surface area contributed by atoms with Crippen LogP contribution >= 0.6 is 11.6 Å². The molecule has 1 N–H and O–H groups in total. The molecule has 7 heteroatoms. The maximum atomic E-state index is 13.0. The lowest BCUT2D eigenvalue weighted by Crippen LogP contribution is -2.30. The van der Waals surface area contributed by atoms with Crippen LogP contribution in [0.5, 0.6) is 0 Å². The van der Waals surface area contributed by atoms with Gasteiger partial charge in [-0.1, -0.05) is 17.7 Å². The van der Waals surface area contributed by atoms with E-state index in [4.69, 9.17) is 21.6 Å². The molecule has 5 nitrogen and oxygen atoms in total. The van der Waals surface area contributed by atoms with Gasteiger partial charge >= 0.3 is 5.97 Å². The molecule has 0 bridgehead atoms. The van der Waals surface area contributed by atoms with Gasteiger partial charge < -0.3 is 10.1 Å². The van der Waals surface area contributed by atoms with E-state index < -0.39 is 23.8 Å². The van der Waals surface area contributed by atoms with Crippen molar-refractivity contribution in [2.45, 2.75) is 13.0 Å². The first-order valence-corrected chi connectivity index (χ1v) is 7.25. The molecule has 0 saturated heterocycles. The summed E-state index contributed by atoms with van der Waals surface area (Å²) in [4.78, 5) is 24.1. The molecule has 122 valence electrons. The van der Waals surface area contributed by atoms with E-state index >= 15 is 0 Å². The van der Waals surface area contributed by atoms with Gasteiger partial charge in [0.25, 0.3) is 5.91 Å². The van der Waals surface area contributed by atoms with Crippen molar-refractivity contribution < 1.29 is 18.7 Å². The number of benzene rings is 2. The third kappa shape index (κ3) is 4.31. The molecule has 2 aromatic carbocycles. The number of hydrogen-bond acceptors (Lipinski definition) is 4. The molecular formula is C17H12ClFN2O3. The summed E-state index contributed by atoms with van der Waals surface area (Å²) in [6.45, 7) is 1.39. The number of carbonyl (C=O) groups is 2. The SMILES string of the molecule is C[C@@H](OC(=O)c1cccc(C#N)c1)C(=O)Nc1ccc(F)cc1Cl. The lowest BCUT2D eigenvalue weighted by Gasteiger charge is -2.14. The molecule has 2 aromatic rings. The van der Waals surface area contributed by atoms with Crippen LogP contribution < -0.4 is 5.32 Å². The minimum absolute atomic E-state index is 0.0311. The van der Waals surface area contributed by atoms with Crippen molar-refractivity contribution in [1.29, 1.82) is 5.26 Å². The second-order valence-electron chi connectivity index (χ2n) is 4.85. The van der Waals surface area contributed by atoms with E-state index in [0.717, 1.165) is 12.1 Å². The molecule has 0 aliphatic rings. The predicted molar refractivity (Wildman–Crippen MR) is 86.1 cm³/mol. The Morgan fingerprint density at radius 1 is 1.29 bits per heavy atom. The average molecular weight is 347 g/mol. The first kappa shape index (κ1) is 17.4. The lowest BCUT2D eigenvalue weighted by molar-refractivity contribution is -0.123. The standard InChI is InChI=1S/C17H12ClFN2O3/c1-10(16(22)21-15-6-5-13(19)8-14(15)18)24-17(23)12-4-2-3-11(7-12)9-20/h2-8,10H,1H3,(H,21,22)/t10-/m1/s1. The second kappa shape index (κ2) is 7.57. The zero-order chi connectivity index (χ0) is 17.7. The molecule has 0 heterocycles. The number of nitrogens with one attached hydrogen (secondary N) is 1. The van der Waals surface area contributed by atoms with Crippen LogP contribution in [0.3, 0.4) is 0 Å². The summed E-state index contributed by atoms with van der Waals surface area (Å²) in [7, 11) is 0. The number of hydrogen-bond donors (Lipinski definition) is 1. The smallest absolute Gasteiger partial charge is 0.338 e. The van der Waals surface area contributed by atoms with Gasteiger partial charge in [-0.05, 0) is 43.3 Å². The molecule has 0 aromatic heterocycles. The number of halogens is 2. The third-order valence-electron chi connectivity index (χ3n) is 3.07. The molecule has 24 heavy (non-hydrogen) atoms. The van der Waals surface area contributed by atoms with Gasteiger partial charge in [-0.25, -0.2) is 9.18 Å². The largest absolute Gasteiger partial charge is 0.449 e. The summed E-state index contributed by atoms with van der Waals surface area (Å²) >= 11 is 5.82. The van der Waals surface area contributed by atoms with Gasteiger partial charge in [0.1, 0.15) is 5.82 Å². The number of nitriles is 1.